The van der Waals surface area contributed by atoms with Gasteiger partial charge in [0.05, 0.1) is 17.9 Å². The van der Waals surface area contributed by atoms with Crippen molar-refractivity contribution in [2.24, 2.45) is 0 Å². The third-order valence-electron chi connectivity index (χ3n) is 6.02. The van der Waals surface area contributed by atoms with E-state index in [0.717, 1.165) is 19.3 Å². The predicted molar refractivity (Wildman–Crippen MR) is 122 cm³/mol. The molecule has 1 aliphatic heterocycles. The molecule has 0 bridgehead atoms. The molecule has 1 amide bonds. The SMILES string of the molecule is O=C(CC1CSc2nc3c(cnn3-c3ccc(F)cc3)c(=O)n21)NCCC1=CCCCC1. The molecule has 32 heavy (non-hydrogen) atoms. The van der Waals surface area contributed by atoms with E-state index in [1.54, 1.807) is 16.7 Å². The second-order valence-electron chi connectivity index (χ2n) is 8.22. The maximum Gasteiger partial charge on any atom is 0.265 e. The van der Waals surface area contributed by atoms with Crippen molar-refractivity contribution >= 4 is 28.7 Å². The van der Waals surface area contributed by atoms with Gasteiger partial charge in [-0.3, -0.25) is 14.2 Å². The van der Waals surface area contributed by atoms with E-state index >= 15 is 0 Å². The van der Waals surface area contributed by atoms with Crippen LogP contribution in [-0.2, 0) is 4.79 Å². The number of carbonyl (C=O) groups excluding carboxylic acids is 1. The Hall–Kier alpha value is -2.94. The van der Waals surface area contributed by atoms with Crippen LogP contribution in [0.25, 0.3) is 16.7 Å². The number of hydrogen-bond donors (Lipinski definition) is 1. The Bertz CT molecular complexity index is 1250. The van der Waals surface area contributed by atoms with Crippen LogP contribution in [0.5, 0.6) is 0 Å². The number of fused-ring (bicyclic) bond motifs is 2. The first-order chi connectivity index (χ1) is 15.6. The van der Waals surface area contributed by atoms with E-state index in [9.17, 15) is 14.0 Å². The molecule has 3 heterocycles. The minimum atomic E-state index is -0.341. The Morgan fingerprint density at radius 1 is 1.25 bits per heavy atom. The lowest BCUT2D eigenvalue weighted by atomic mass is 9.97. The van der Waals surface area contributed by atoms with Gasteiger partial charge in [0.1, 0.15) is 11.2 Å². The molecule has 1 unspecified atom stereocenters. The molecule has 2 aliphatic rings. The summed E-state index contributed by atoms with van der Waals surface area (Å²) in [5.41, 5.74) is 2.30. The number of rotatable bonds is 6. The van der Waals surface area contributed by atoms with E-state index in [2.05, 4.69) is 21.5 Å². The third kappa shape index (κ3) is 4.09. The van der Waals surface area contributed by atoms with E-state index in [1.807, 2.05) is 0 Å². The molecule has 166 valence electrons. The molecular formula is C23H24FN5O2S. The number of aromatic nitrogens is 4. The van der Waals surface area contributed by atoms with Crippen LogP contribution in [0.2, 0.25) is 0 Å². The highest BCUT2D eigenvalue weighted by Gasteiger charge is 2.29. The van der Waals surface area contributed by atoms with Gasteiger partial charge in [-0.2, -0.15) is 5.10 Å². The zero-order chi connectivity index (χ0) is 22.1. The van der Waals surface area contributed by atoms with Crippen LogP contribution in [0, 0.1) is 5.82 Å². The molecule has 0 fully saturated rings. The molecule has 0 saturated carbocycles. The molecule has 0 radical (unpaired) electrons. The number of halogens is 1. The summed E-state index contributed by atoms with van der Waals surface area (Å²) in [5, 5.41) is 8.26. The van der Waals surface area contributed by atoms with Crippen LogP contribution in [0.1, 0.15) is 44.6 Å². The third-order valence-corrected chi connectivity index (χ3v) is 7.11. The molecule has 1 atom stereocenters. The van der Waals surface area contributed by atoms with Gasteiger partial charge in [0.15, 0.2) is 10.8 Å². The van der Waals surface area contributed by atoms with Crippen molar-refractivity contribution in [3.63, 3.8) is 0 Å². The van der Waals surface area contributed by atoms with Crippen molar-refractivity contribution in [1.82, 2.24) is 24.6 Å². The number of amides is 1. The van der Waals surface area contributed by atoms with Gasteiger partial charge in [0.2, 0.25) is 5.91 Å². The van der Waals surface area contributed by atoms with Gasteiger partial charge in [-0.1, -0.05) is 23.4 Å². The van der Waals surface area contributed by atoms with Gasteiger partial charge >= 0.3 is 0 Å². The molecule has 1 aliphatic carbocycles. The van der Waals surface area contributed by atoms with E-state index in [4.69, 9.17) is 0 Å². The summed E-state index contributed by atoms with van der Waals surface area (Å²) < 4.78 is 16.4. The zero-order valence-corrected chi connectivity index (χ0v) is 18.4. The maximum atomic E-state index is 13.3. The average molecular weight is 454 g/mol. The molecule has 7 nitrogen and oxygen atoms in total. The average Bonchev–Trinajstić information content (AvgIpc) is 3.40. The van der Waals surface area contributed by atoms with Crippen molar-refractivity contribution < 1.29 is 9.18 Å². The first-order valence-corrected chi connectivity index (χ1v) is 11.9. The largest absolute Gasteiger partial charge is 0.356 e. The lowest BCUT2D eigenvalue weighted by Gasteiger charge is -2.15. The number of benzene rings is 1. The van der Waals surface area contributed by atoms with Gasteiger partial charge in [0, 0.05) is 18.7 Å². The van der Waals surface area contributed by atoms with Crippen LogP contribution in [-0.4, -0.2) is 37.5 Å². The topological polar surface area (TPSA) is 81.8 Å². The Labute approximate surface area is 188 Å². The fraction of sp³-hybridized carbons (Fsp3) is 0.391. The van der Waals surface area contributed by atoms with Crippen molar-refractivity contribution in [3.8, 4) is 5.69 Å². The van der Waals surface area contributed by atoms with Crippen LogP contribution < -0.4 is 10.9 Å². The van der Waals surface area contributed by atoms with E-state index in [1.165, 1.54) is 53.2 Å². The summed E-state index contributed by atoms with van der Waals surface area (Å²) in [6, 6.07) is 5.65. The first-order valence-electron chi connectivity index (χ1n) is 10.9. The minimum Gasteiger partial charge on any atom is -0.356 e. The van der Waals surface area contributed by atoms with Gasteiger partial charge in [-0.15, -0.1) is 0 Å². The Kier molecular flexibility index (Phi) is 5.82. The number of nitrogens with one attached hydrogen (secondary N) is 1. The lowest BCUT2D eigenvalue weighted by Crippen LogP contribution is -2.31. The van der Waals surface area contributed by atoms with E-state index < -0.39 is 0 Å². The van der Waals surface area contributed by atoms with E-state index in [-0.39, 0.29) is 29.7 Å². The van der Waals surface area contributed by atoms with Gasteiger partial charge < -0.3 is 5.32 Å². The lowest BCUT2D eigenvalue weighted by molar-refractivity contribution is -0.121. The maximum absolute atomic E-state index is 13.3. The Morgan fingerprint density at radius 3 is 2.88 bits per heavy atom. The molecule has 1 aromatic carbocycles. The monoisotopic (exact) mass is 453 g/mol. The predicted octanol–water partition coefficient (Wildman–Crippen LogP) is 3.76. The number of thioether (sulfide) groups is 1. The van der Waals surface area contributed by atoms with Gasteiger partial charge in [-0.05, 0) is 56.4 Å². The second kappa shape index (κ2) is 8.90. The highest BCUT2D eigenvalue weighted by atomic mass is 32.2. The fourth-order valence-electron chi connectivity index (χ4n) is 4.33. The number of hydrogen-bond acceptors (Lipinski definition) is 5. The zero-order valence-electron chi connectivity index (χ0n) is 17.6. The summed E-state index contributed by atoms with van der Waals surface area (Å²) in [7, 11) is 0. The summed E-state index contributed by atoms with van der Waals surface area (Å²) in [6.07, 6.45) is 9.68. The smallest absolute Gasteiger partial charge is 0.265 e. The highest BCUT2D eigenvalue weighted by Crippen LogP contribution is 2.33. The van der Waals surface area contributed by atoms with Crippen LogP contribution in [0.15, 0.2) is 52.1 Å². The van der Waals surface area contributed by atoms with Crippen LogP contribution >= 0.6 is 11.8 Å². The molecular weight excluding hydrogens is 429 g/mol. The molecule has 5 rings (SSSR count). The normalized spacial score (nSPS) is 17.9. The molecule has 0 spiro atoms. The summed E-state index contributed by atoms with van der Waals surface area (Å²) in [5.74, 6) is 0.234. The number of allylic oxidation sites excluding steroid dienone is 1. The summed E-state index contributed by atoms with van der Waals surface area (Å²) >= 11 is 1.46. The number of carbonyl (C=O) groups is 1. The molecule has 2 aromatic heterocycles. The van der Waals surface area contributed by atoms with Gasteiger partial charge in [0.25, 0.3) is 5.56 Å². The Morgan fingerprint density at radius 2 is 2.09 bits per heavy atom. The van der Waals surface area contributed by atoms with Crippen molar-refractivity contribution in [3.05, 3.63) is 58.3 Å². The van der Waals surface area contributed by atoms with Crippen molar-refractivity contribution in [2.45, 2.75) is 49.7 Å². The van der Waals surface area contributed by atoms with Crippen LogP contribution in [0.4, 0.5) is 4.39 Å². The van der Waals surface area contributed by atoms with Gasteiger partial charge in [-0.25, -0.2) is 14.1 Å². The molecule has 1 N–H and O–H groups in total. The second-order valence-corrected chi connectivity index (χ2v) is 9.20. The standard InChI is InChI=1S/C23H24FN5O2S/c24-16-6-8-17(9-7-16)29-21-19(13-26-29)22(31)28-18(14-32-23(28)27-21)12-20(30)25-11-10-15-4-2-1-3-5-15/h4,6-9,13,18H,1-3,5,10-12,14H2,(H,25,30). The number of nitrogens with zero attached hydrogens (tertiary/aromatic N) is 4. The van der Waals surface area contributed by atoms with E-state index in [0.29, 0.717) is 34.2 Å². The summed E-state index contributed by atoms with van der Waals surface area (Å²) in [6.45, 7) is 0.633. The molecule has 0 saturated heterocycles. The molecule has 3 aromatic rings. The minimum absolute atomic E-state index is 0.0473. The fourth-order valence-corrected chi connectivity index (χ4v) is 5.46. The quantitative estimate of drug-likeness (QED) is 0.454. The first kappa shape index (κ1) is 20.9. The Balaban J connectivity index is 1.32. The molecule has 9 heteroatoms. The highest BCUT2D eigenvalue weighted by molar-refractivity contribution is 7.99. The summed E-state index contributed by atoms with van der Waals surface area (Å²) in [4.78, 5) is 30.4. The van der Waals surface area contributed by atoms with Crippen molar-refractivity contribution in [1.29, 1.82) is 0 Å². The van der Waals surface area contributed by atoms with Crippen molar-refractivity contribution in [2.75, 3.05) is 12.3 Å². The van der Waals surface area contributed by atoms with Crippen LogP contribution in [0.3, 0.4) is 0 Å².